The molecule has 0 saturated carbocycles. The number of piperazine rings is 1. The van der Waals surface area contributed by atoms with E-state index in [0.717, 1.165) is 44.8 Å². The Morgan fingerprint density at radius 2 is 1.68 bits per heavy atom. The van der Waals surface area contributed by atoms with Gasteiger partial charge in [0.2, 0.25) is 0 Å². The molecule has 8 heteroatoms. The molecule has 2 unspecified atom stereocenters. The van der Waals surface area contributed by atoms with E-state index in [9.17, 15) is 15.3 Å². The highest BCUT2D eigenvalue weighted by Crippen LogP contribution is 2.57. The van der Waals surface area contributed by atoms with Crippen molar-refractivity contribution in [3.8, 4) is 11.8 Å². The highest BCUT2D eigenvalue weighted by Gasteiger charge is 2.45. The van der Waals surface area contributed by atoms with Crippen molar-refractivity contribution in [3.05, 3.63) is 35.5 Å². The fraction of sp³-hybridized carbons (Fsp3) is 0.550. The van der Waals surface area contributed by atoms with Gasteiger partial charge in [0.25, 0.3) is 0 Å². The van der Waals surface area contributed by atoms with Crippen molar-refractivity contribution in [2.75, 3.05) is 37.6 Å². The van der Waals surface area contributed by atoms with Crippen molar-refractivity contribution in [1.82, 2.24) is 14.5 Å². The maximum absolute atomic E-state index is 10.6. The lowest BCUT2D eigenvalue weighted by molar-refractivity contribution is 0.0650. The fourth-order valence-electron chi connectivity index (χ4n) is 4.77. The monoisotopic (exact) mass is 386 g/mol. The molecule has 0 aliphatic carbocycles. The van der Waals surface area contributed by atoms with E-state index in [-0.39, 0.29) is 30.5 Å². The molecular weight excluding hydrogens is 360 g/mol. The minimum Gasteiger partial charge on any atom is -0.494 e. The molecule has 5 heterocycles. The molecule has 5 rings (SSSR count). The zero-order valence-corrected chi connectivity index (χ0v) is 15.7. The number of rotatable bonds is 5. The smallest absolute Gasteiger partial charge is 0.200 e. The maximum Gasteiger partial charge on any atom is 0.200 e. The van der Waals surface area contributed by atoms with E-state index in [1.54, 1.807) is 6.20 Å². The second-order valence-electron chi connectivity index (χ2n) is 7.91. The number of anilines is 1. The summed E-state index contributed by atoms with van der Waals surface area (Å²) in [6.45, 7) is 4.07. The van der Waals surface area contributed by atoms with Crippen LogP contribution in [-0.2, 0) is 11.3 Å². The number of fused-ring (bicyclic) bond motifs is 5. The Balaban J connectivity index is 1.20. The Hall–Kier alpha value is -2.29. The number of hydrogen-bond donors (Lipinski definition) is 3. The first-order valence-corrected chi connectivity index (χ1v) is 9.98. The number of aliphatic hydroxyl groups excluding tert-OH is 1. The van der Waals surface area contributed by atoms with Crippen molar-refractivity contribution in [3.63, 3.8) is 0 Å². The highest BCUT2D eigenvalue weighted by molar-refractivity contribution is 5.52. The lowest BCUT2D eigenvalue weighted by Crippen LogP contribution is -2.49. The summed E-state index contributed by atoms with van der Waals surface area (Å²) in [5, 5.41) is 31.7. The fourth-order valence-corrected chi connectivity index (χ4v) is 4.77. The van der Waals surface area contributed by atoms with E-state index in [0.29, 0.717) is 17.7 Å². The first-order valence-electron chi connectivity index (χ1n) is 9.98. The molecule has 0 radical (unpaired) electrons. The Bertz CT molecular complexity index is 814. The van der Waals surface area contributed by atoms with Gasteiger partial charge in [-0.3, -0.25) is 9.47 Å². The summed E-state index contributed by atoms with van der Waals surface area (Å²) in [6.07, 6.45) is 2.63. The van der Waals surface area contributed by atoms with E-state index < -0.39 is 6.10 Å². The molecule has 8 nitrogen and oxygen atoms in total. The van der Waals surface area contributed by atoms with Crippen LogP contribution in [0.3, 0.4) is 0 Å². The predicted molar refractivity (Wildman–Crippen MR) is 102 cm³/mol. The number of hydrogen-bond acceptors (Lipinski definition) is 7. The molecule has 0 spiro atoms. The van der Waals surface area contributed by atoms with Crippen LogP contribution in [0, 0.1) is 0 Å². The van der Waals surface area contributed by atoms with Gasteiger partial charge in [0.05, 0.1) is 36.0 Å². The van der Waals surface area contributed by atoms with Crippen LogP contribution in [0.1, 0.15) is 36.2 Å². The number of aliphatic hydroxyl groups is 1. The minimum atomic E-state index is -0.677. The van der Waals surface area contributed by atoms with Gasteiger partial charge in [0.15, 0.2) is 11.8 Å². The summed E-state index contributed by atoms with van der Waals surface area (Å²) >= 11 is 0. The molecule has 3 aliphatic heterocycles. The Labute approximate surface area is 163 Å². The molecule has 150 valence electrons. The highest BCUT2D eigenvalue weighted by atomic mass is 16.5. The van der Waals surface area contributed by atoms with Gasteiger partial charge >= 0.3 is 0 Å². The lowest BCUT2D eigenvalue weighted by Gasteiger charge is -2.36. The Morgan fingerprint density at radius 3 is 2.29 bits per heavy atom. The van der Waals surface area contributed by atoms with E-state index in [1.165, 1.54) is 4.57 Å². The van der Waals surface area contributed by atoms with Crippen molar-refractivity contribution < 1.29 is 20.1 Å². The Morgan fingerprint density at radius 1 is 1.00 bits per heavy atom. The van der Waals surface area contributed by atoms with Crippen molar-refractivity contribution in [2.45, 2.75) is 37.7 Å². The largest absolute Gasteiger partial charge is 0.494 e. The van der Waals surface area contributed by atoms with Crippen LogP contribution in [0.15, 0.2) is 24.4 Å². The van der Waals surface area contributed by atoms with Crippen LogP contribution < -0.4 is 4.90 Å². The van der Waals surface area contributed by atoms with Gasteiger partial charge in [-0.1, -0.05) is 6.07 Å². The third-order valence-electron chi connectivity index (χ3n) is 6.15. The molecule has 2 aromatic rings. The first kappa shape index (κ1) is 17.8. The number of ether oxygens (including phenoxy) is 1. The van der Waals surface area contributed by atoms with Gasteiger partial charge < -0.3 is 25.0 Å². The minimum absolute atomic E-state index is 0.0405. The van der Waals surface area contributed by atoms with Crippen molar-refractivity contribution in [2.24, 2.45) is 0 Å². The van der Waals surface area contributed by atoms with E-state index in [4.69, 9.17) is 4.74 Å². The quantitative estimate of drug-likeness (QED) is 0.715. The van der Waals surface area contributed by atoms with Gasteiger partial charge in [-0.2, -0.15) is 0 Å². The lowest BCUT2D eigenvalue weighted by atomic mass is 9.95. The van der Waals surface area contributed by atoms with Crippen LogP contribution in [0.5, 0.6) is 11.8 Å². The molecule has 28 heavy (non-hydrogen) atoms. The first-order chi connectivity index (χ1) is 13.6. The summed E-state index contributed by atoms with van der Waals surface area (Å²) in [7, 11) is 0. The van der Waals surface area contributed by atoms with Crippen LogP contribution in [0.25, 0.3) is 0 Å². The van der Waals surface area contributed by atoms with E-state index in [1.807, 2.05) is 18.2 Å². The molecule has 2 fully saturated rings. The zero-order valence-electron chi connectivity index (χ0n) is 15.7. The van der Waals surface area contributed by atoms with Gasteiger partial charge in [-0.15, -0.1) is 0 Å². The standard InChI is InChI=1S/C20H26N4O4/c25-13(11-22-7-9-23(10-8-22)16-3-1-2-6-21-16)12-24-19(26)17-14-4-5-15(28-14)18(17)20(24)27/h1-3,6,13-15,25-27H,4-5,7-12H2/t13?,14-,15?/m1/s1. The molecule has 3 atom stereocenters. The zero-order chi connectivity index (χ0) is 19.3. The van der Waals surface area contributed by atoms with Crippen LogP contribution in [-0.4, -0.2) is 68.6 Å². The number of β-amino-alcohol motifs (C(OH)–C–C–N with tert-alkyl or cyclic N) is 1. The van der Waals surface area contributed by atoms with Gasteiger partial charge in [0, 0.05) is 38.9 Å². The van der Waals surface area contributed by atoms with Crippen LogP contribution in [0.2, 0.25) is 0 Å². The van der Waals surface area contributed by atoms with Gasteiger partial charge in [0.1, 0.15) is 5.82 Å². The molecular formula is C20H26N4O4. The number of aromatic nitrogens is 2. The predicted octanol–water partition coefficient (Wildman–Crippen LogP) is 1.38. The molecule has 2 saturated heterocycles. The molecule has 3 aliphatic rings. The van der Waals surface area contributed by atoms with Gasteiger partial charge in [-0.05, 0) is 25.0 Å². The molecule has 0 amide bonds. The summed E-state index contributed by atoms with van der Waals surface area (Å²) in [5.41, 5.74) is 1.43. The van der Waals surface area contributed by atoms with Crippen molar-refractivity contribution >= 4 is 5.82 Å². The van der Waals surface area contributed by atoms with Crippen LogP contribution in [0.4, 0.5) is 5.82 Å². The van der Waals surface area contributed by atoms with E-state index in [2.05, 4.69) is 14.8 Å². The molecule has 2 bridgehead atoms. The number of aromatic hydroxyl groups is 2. The topological polar surface area (TPSA) is 94.2 Å². The second-order valence-corrected chi connectivity index (χ2v) is 7.91. The molecule has 0 aromatic carbocycles. The third-order valence-corrected chi connectivity index (χ3v) is 6.15. The molecule has 3 N–H and O–H groups in total. The average molecular weight is 386 g/mol. The van der Waals surface area contributed by atoms with Gasteiger partial charge in [-0.25, -0.2) is 4.98 Å². The van der Waals surface area contributed by atoms with Crippen molar-refractivity contribution in [1.29, 1.82) is 0 Å². The summed E-state index contributed by atoms with van der Waals surface area (Å²) in [6, 6.07) is 5.91. The van der Waals surface area contributed by atoms with Crippen LogP contribution >= 0.6 is 0 Å². The van der Waals surface area contributed by atoms with E-state index >= 15 is 0 Å². The SMILES string of the molecule is Oc1c2c(c(O)n1CC(O)CN1CCN(c3ccccn3)CC1)[C@H]1CCC2O1. The third kappa shape index (κ3) is 2.92. The second kappa shape index (κ2) is 6.95. The summed E-state index contributed by atoms with van der Waals surface area (Å²) in [5.74, 6) is 1.06. The maximum atomic E-state index is 10.6. The molecule has 2 aromatic heterocycles. The number of pyridine rings is 1. The summed E-state index contributed by atoms with van der Waals surface area (Å²) < 4.78 is 7.20. The Kier molecular flexibility index (Phi) is 4.41. The number of nitrogens with zero attached hydrogens (tertiary/aromatic N) is 4. The normalized spacial score (nSPS) is 25.2. The average Bonchev–Trinajstić information content (AvgIpc) is 3.39. The summed E-state index contributed by atoms with van der Waals surface area (Å²) in [4.78, 5) is 8.85.